The Morgan fingerprint density at radius 2 is 1.84 bits per heavy atom. The minimum Gasteiger partial charge on any atom is -0.323 e. The summed E-state index contributed by atoms with van der Waals surface area (Å²) in [4.78, 5) is 39.2. The van der Waals surface area contributed by atoms with Gasteiger partial charge in [0, 0.05) is 4.47 Å². The van der Waals surface area contributed by atoms with Crippen LogP contribution in [0.3, 0.4) is 0 Å². The van der Waals surface area contributed by atoms with Gasteiger partial charge in [0.05, 0.1) is 22.5 Å². The van der Waals surface area contributed by atoms with Crippen LogP contribution >= 0.6 is 27.5 Å². The summed E-state index contributed by atoms with van der Waals surface area (Å²) in [6.07, 6.45) is 4.94. The fourth-order valence-corrected chi connectivity index (χ4v) is 4.97. The maximum atomic E-state index is 12.8. The molecule has 3 aliphatic rings. The molecule has 2 fully saturated rings. The van der Waals surface area contributed by atoms with Gasteiger partial charge in [-0.1, -0.05) is 39.7 Å². The third kappa shape index (κ3) is 2.54. The van der Waals surface area contributed by atoms with Crippen LogP contribution < -0.4 is 5.32 Å². The molecule has 1 aromatic rings. The van der Waals surface area contributed by atoms with Crippen molar-refractivity contribution in [3.05, 3.63) is 39.8 Å². The first-order valence-corrected chi connectivity index (χ1v) is 9.36. The number of carbonyl (C=O) groups excluding carboxylic acids is 3. The van der Waals surface area contributed by atoms with Gasteiger partial charge in [-0.2, -0.15) is 0 Å². The Kier molecular flexibility index (Phi) is 4.00. The third-order valence-corrected chi connectivity index (χ3v) is 6.27. The van der Waals surface area contributed by atoms with E-state index in [0.29, 0.717) is 10.7 Å². The van der Waals surface area contributed by atoms with Crippen LogP contribution in [0.4, 0.5) is 5.69 Å². The van der Waals surface area contributed by atoms with E-state index >= 15 is 0 Å². The first-order chi connectivity index (χ1) is 11.9. The number of anilines is 1. The molecule has 5 nitrogen and oxygen atoms in total. The Hall–Kier alpha value is -1.66. The number of fused-ring (bicyclic) bond motifs is 5. The van der Waals surface area contributed by atoms with E-state index in [2.05, 4.69) is 21.2 Å². The Balaban J connectivity index is 1.53. The molecule has 4 rings (SSSR count). The molecule has 2 bridgehead atoms. The lowest BCUT2D eigenvalue weighted by molar-refractivity contribution is -0.146. The molecule has 1 heterocycles. The summed E-state index contributed by atoms with van der Waals surface area (Å²) < 4.78 is 0.796. The van der Waals surface area contributed by atoms with Crippen molar-refractivity contribution in [1.82, 2.24) is 4.90 Å². The summed E-state index contributed by atoms with van der Waals surface area (Å²) in [6, 6.07) is 4.22. The second-order valence-electron chi connectivity index (χ2n) is 6.84. The van der Waals surface area contributed by atoms with Crippen LogP contribution in [0.25, 0.3) is 0 Å². The third-order valence-electron chi connectivity index (χ3n) is 5.46. The standard InChI is InChI=1S/C18H16BrClN2O3/c1-8(16(23)21-13-5-4-11(19)7-12(13)20)22-17(24)14-9-2-3-10(6-9)15(14)18(22)25/h2-5,7-10,14-15H,6H2,1H3,(H,21,23)/t8-,9+,10+,14-,15+/m1/s1. The number of rotatable bonds is 3. The van der Waals surface area contributed by atoms with Gasteiger partial charge in [-0.05, 0) is 43.4 Å². The van der Waals surface area contributed by atoms with Gasteiger partial charge >= 0.3 is 0 Å². The molecule has 3 amide bonds. The maximum absolute atomic E-state index is 12.8. The molecule has 130 valence electrons. The number of carbonyl (C=O) groups is 3. The Labute approximate surface area is 158 Å². The fraction of sp³-hybridized carbons (Fsp3) is 0.389. The van der Waals surface area contributed by atoms with E-state index in [4.69, 9.17) is 11.6 Å². The number of halogens is 2. The Bertz CT molecular complexity index is 795. The monoisotopic (exact) mass is 422 g/mol. The van der Waals surface area contributed by atoms with Crippen LogP contribution in [0.5, 0.6) is 0 Å². The van der Waals surface area contributed by atoms with Gasteiger partial charge in [0.1, 0.15) is 6.04 Å². The number of amides is 3. The molecule has 2 aliphatic carbocycles. The van der Waals surface area contributed by atoms with Crippen LogP contribution in [0.2, 0.25) is 5.02 Å². The molecule has 1 saturated carbocycles. The fourth-order valence-electron chi connectivity index (χ4n) is 4.25. The zero-order valence-electron chi connectivity index (χ0n) is 13.4. The van der Waals surface area contributed by atoms with E-state index in [1.807, 2.05) is 12.2 Å². The summed E-state index contributed by atoms with van der Waals surface area (Å²) >= 11 is 9.42. The predicted molar refractivity (Wildman–Crippen MR) is 96.8 cm³/mol. The van der Waals surface area contributed by atoms with Crippen molar-refractivity contribution in [2.75, 3.05) is 5.32 Å². The molecular weight excluding hydrogens is 408 g/mol. The molecule has 25 heavy (non-hydrogen) atoms. The second-order valence-corrected chi connectivity index (χ2v) is 8.16. The summed E-state index contributed by atoms with van der Waals surface area (Å²) in [5, 5.41) is 3.09. The van der Waals surface area contributed by atoms with Crippen molar-refractivity contribution >= 4 is 50.9 Å². The molecular formula is C18H16BrClN2O3. The average Bonchev–Trinajstić information content (AvgIpc) is 3.23. The number of imide groups is 1. The highest BCUT2D eigenvalue weighted by Crippen LogP contribution is 2.52. The number of likely N-dealkylation sites (tertiary alicyclic amines) is 1. The smallest absolute Gasteiger partial charge is 0.247 e. The van der Waals surface area contributed by atoms with Crippen molar-refractivity contribution in [2.24, 2.45) is 23.7 Å². The van der Waals surface area contributed by atoms with Crippen molar-refractivity contribution in [3.63, 3.8) is 0 Å². The summed E-state index contributed by atoms with van der Waals surface area (Å²) in [5.41, 5.74) is 0.447. The van der Waals surface area contributed by atoms with Gasteiger partial charge in [-0.15, -0.1) is 0 Å². The lowest BCUT2D eigenvalue weighted by Gasteiger charge is -2.24. The Morgan fingerprint density at radius 3 is 2.40 bits per heavy atom. The van der Waals surface area contributed by atoms with E-state index in [0.717, 1.165) is 15.8 Å². The van der Waals surface area contributed by atoms with Gasteiger partial charge in [0.25, 0.3) is 0 Å². The van der Waals surface area contributed by atoms with E-state index < -0.39 is 11.9 Å². The lowest BCUT2D eigenvalue weighted by atomic mass is 9.85. The number of hydrogen-bond acceptors (Lipinski definition) is 3. The predicted octanol–water partition coefficient (Wildman–Crippen LogP) is 3.24. The van der Waals surface area contributed by atoms with Crippen molar-refractivity contribution in [1.29, 1.82) is 0 Å². The van der Waals surface area contributed by atoms with Gasteiger partial charge in [0.15, 0.2) is 0 Å². The van der Waals surface area contributed by atoms with Gasteiger partial charge in [-0.25, -0.2) is 0 Å². The first kappa shape index (κ1) is 16.8. The van der Waals surface area contributed by atoms with E-state index in [1.54, 1.807) is 25.1 Å². The van der Waals surface area contributed by atoms with Crippen molar-refractivity contribution in [3.8, 4) is 0 Å². The van der Waals surface area contributed by atoms with Crippen LogP contribution in [-0.2, 0) is 14.4 Å². The average molecular weight is 424 g/mol. The Morgan fingerprint density at radius 1 is 1.24 bits per heavy atom. The molecule has 0 spiro atoms. The number of hydrogen-bond donors (Lipinski definition) is 1. The molecule has 0 radical (unpaired) electrons. The van der Waals surface area contributed by atoms with Gasteiger partial charge in [-0.3, -0.25) is 19.3 Å². The summed E-state index contributed by atoms with van der Waals surface area (Å²) in [7, 11) is 0. The van der Waals surface area contributed by atoms with Gasteiger partial charge in [0.2, 0.25) is 17.7 Å². The highest BCUT2D eigenvalue weighted by Gasteiger charge is 2.60. The quantitative estimate of drug-likeness (QED) is 0.599. The molecule has 1 aromatic carbocycles. The minimum absolute atomic E-state index is 0.132. The molecule has 0 unspecified atom stereocenters. The molecule has 7 heteroatoms. The first-order valence-electron chi connectivity index (χ1n) is 8.19. The summed E-state index contributed by atoms with van der Waals surface area (Å²) in [6.45, 7) is 1.58. The van der Waals surface area contributed by atoms with Crippen LogP contribution in [0.1, 0.15) is 13.3 Å². The largest absolute Gasteiger partial charge is 0.323 e. The van der Waals surface area contributed by atoms with E-state index in [9.17, 15) is 14.4 Å². The topological polar surface area (TPSA) is 66.5 Å². The highest BCUT2D eigenvalue weighted by molar-refractivity contribution is 9.10. The van der Waals surface area contributed by atoms with Crippen LogP contribution in [0, 0.1) is 23.7 Å². The normalized spacial score (nSPS) is 30.8. The van der Waals surface area contributed by atoms with Gasteiger partial charge < -0.3 is 5.32 Å². The molecule has 1 aliphatic heterocycles. The molecule has 0 aromatic heterocycles. The van der Waals surface area contributed by atoms with Crippen molar-refractivity contribution < 1.29 is 14.4 Å². The number of benzene rings is 1. The maximum Gasteiger partial charge on any atom is 0.247 e. The zero-order chi connectivity index (χ0) is 17.9. The van der Waals surface area contributed by atoms with Crippen LogP contribution in [-0.4, -0.2) is 28.7 Å². The number of nitrogens with zero attached hydrogens (tertiary/aromatic N) is 1. The number of allylic oxidation sites excluding steroid dienone is 2. The van der Waals surface area contributed by atoms with Crippen molar-refractivity contribution in [2.45, 2.75) is 19.4 Å². The second kappa shape index (κ2) is 5.95. The van der Waals surface area contributed by atoms with Crippen LogP contribution in [0.15, 0.2) is 34.8 Å². The molecule has 1 saturated heterocycles. The summed E-state index contributed by atoms with van der Waals surface area (Å²) in [5.74, 6) is -1.21. The lowest BCUT2D eigenvalue weighted by Crippen LogP contribution is -2.46. The van der Waals surface area contributed by atoms with E-state index in [1.165, 1.54) is 0 Å². The highest BCUT2D eigenvalue weighted by atomic mass is 79.9. The van der Waals surface area contributed by atoms with E-state index in [-0.39, 0.29) is 35.5 Å². The SMILES string of the molecule is C[C@H](C(=O)Nc1ccc(Br)cc1Cl)N1C(=O)[C@@H]2[C@H](C1=O)[C@H]1C=C[C@H]2C1. The molecule has 1 N–H and O–H groups in total. The zero-order valence-corrected chi connectivity index (χ0v) is 15.8. The molecule has 5 atom stereocenters. The number of nitrogens with one attached hydrogen (secondary N) is 1. The minimum atomic E-state index is -0.871.